The lowest BCUT2D eigenvalue weighted by molar-refractivity contribution is -0.143. The molecule has 2 aromatic carbocycles. The number of likely N-dealkylation sites (tertiary alicyclic amines) is 1. The van der Waals surface area contributed by atoms with Crippen LogP contribution in [0.15, 0.2) is 29.8 Å². The Labute approximate surface area is 224 Å². The van der Waals surface area contributed by atoms with Crippen LogP contribution in [0, 0.1) is 0 Å². The highest BCUT2D eigenvalue weighted by molar-refractivity contribution is 6.08. The van der Waals surface area contributed by atoms with E-state index in [2.05, 4.69) is 18.0 Å². The fourth-order valence-corrected chi connectivity index (χ4v) is 5.26. The van der Waals surface area contributed by atoms with E-state index in [1.165, 1.54) is 0 Å². The number of nitrogens with zero attached hydrogens (tertiary/aromatic N) is 1. The van der Waals surface area contributed by atoms with Gasteiger partial charge in [-0.2, -0.15) is 0 Å². The number of methoxy groups -OCH3 is 5. The second-order valence-corrected chi connectivity index (χ2v) is 9.51. The minimum Gasteiger partial charge on any atom is -0.493 e. The van der Waals surface area contributed by atoms with Crippen LogP contribution in [0.5, 0.6) is 28.7 Å². The van der Waals surface area contributed by atoms with Gasteiger partial charge in [0.05, 0.1) is 42.0 Å². The van der Waals surface area contributed by atoms with Crippen molar-refractivity contribution in [2.45, 2.75) is 32.2 Å². The molecule has 2 aliphatic rings. The molecule has 0 radical (unpaired) electrons. The van der Waals surface area contributed by atoms with Crippen molar-refractivity contribution in [1.82, 2.24) is 4.90 Å². The maximum atomic E-state index is 13.0. The zero-order valence-electron chi connectivity index (χ0n) is 23.3. The fourth-order valence-electron chi connectivity index (χ4n) is 5.26. The predicted octanol–water partition coefficient (Wildman–Crippen LogP) is 5.08. The van der Waals surface area contributed by atoms with Gasteiger partial charge in [-0.1, -0.05) is 0 Å². The molecule has 0 spiro atoms. The molecule has 0 bridgehead atoms. The summed E-state index contributed by atoms with van der Waals surface area (Å²) in [6.07, 6.45) is 4.40. The highest BCUT2D eigenvalue weighted by Gasteiger charge is 2.29. The molecule has 2 aromatic rings. The lowest BCUT2D eigenvalue weighted by atomic mass is 9.99. The average Bonchev–Trinajstić information content (AvgIpc) is 3.45. The molecular formula is C30H37NO7. The number of hydrogen-bond acceptors (Lipinski definition) is 8. The highest BCUT2D eigenvalue weighted by Crippen LogP contribution is 2.48. The topological polar surface area (TPSA) is 75.7 Å². The van der Waals surface area contributed by atoms with Gasteiger partial charge in [0.1, 0.15) is 6.61 Å². The Morgan fingerprint density at radius 1 is 0.895 bits per heavy atom. The summed E-state index contributed by atoms with van der Waals surface area (Å²) in [4.78, 5) is 15.2. The van der Waals surface area contributed by atoms with E-state index in [-0.39, 0.29) is 18.4 Å². The lowest BCUT2D eigenvalue weighted by Gasteiger charge is -2.19. The normalized spacial score (nSPS) is 18.0. The van der Waals surface area contributed by atoms with Gasteiger partial charge in [0.2, 0.25) is 5.75 Å². The van der Waals surface area contributed by atoms with Crippen LogP contribution in [-0.4, -0.2) is 72.7 Å². The number of fused-ring (bicyclic) bond motifs is 1. The Kier molecular flexibility index (Phi) is 8.52. The van der Waals surface area contributed by atoms with Crippen molar-refractivity contribution in [1.29, 1.82) is 0 Å². The highest BCUT2D eigenvalue weighted by atomic mass is 16.5. The van der Waals surface area contributed by atoms with Gasteiger partial charge in [0.25, 0.3) is 0 Å². The summed E-state index contributed by atoms with van der Waals surface area (Å²) < 4.78 is 33.5. The Morgan fingerprint density at radius 2 is 1.50 bits per heavy atom. The first kappa shape index (κ1) is 27.4. The number of hydrogen-bond donors (Lipinski definition) is 0. The van der Waals surface area contributed by atoms with Crippen molar-refractivity contribution in [2.24, 2.45) is 0 Å². The third-order valence-electron chi connectivity index (χ3n) is 7.42. The third-order valence-corrected chi connectivity index (χ3v) is 7.42. The number of ether oxygens (including phenoxy) is 6. The monoisotopic (exact) mass is 523 g/mol. The van der Waals surface area contributed by atoms with Crippen LogP contribution in [0.3, 0.4) is 0 Å². The lowest BCUT2D eigenvalue weighted by Crippen LogP contribution is -2.30. The van der Waals surface area contributed by atoms with Crippen molar-refractivity contribution in [2.75, 3.05) is 55.7 Å². The van der Waals surface area contributed by atoms with E-state index in [1.54, 1.807) is 35.5 Å². The second-order valence-electron chi connectivity index (χ2n) is 9.51. The van der Waals surface area contributed by atoms with Gasteiger partial charge in [0, 0.05) is 6.04 Å². The van der Waals surface area contributed by atoms with E-state index in [1.807, 2.05) is 31.2 Å². The molecule has 1 aliphatic heterocycles. The number of esters is 1. The summed E-state index contributed by atoms with van der Waals surface area (Å²) >= 11 is 0. The molecule has 8 nitrogen and oxygen atoms in total. The minimum atomic E-state index is -0.241. The first-order chi connectivity index (χ1) is 18.3. The van der Waals surface area contributed by atoms with Gasteiger partial charge in [0.15, 0.2) is 23.0 Å². The van der Waals surface area contributed by atoms with Crippen LogP contribution in [-0.2, 0) is 9.53 Å². The maximum Gasteiger partial charge on any atom is 0.310 e. The summed E-state index contributed by atoms with van der Waals surface area (Å²) in [7, 11) is 10.1. The molecule has 0 N–H and O–H groups in total. The molecular weight excluding hydrogens is 486 g/mol. The van der Waals surface area contributed by atoms with Gasteiger partial charge in [-0.05, 0) is 97.1 Å². The summed E-state index contributed by atoms with van der Waals surface area (Å²) in [5.41, 5.74) is 5.60. The van der Waals surface area contributed by atoms with E-state index < -0.39 is 0 Å². The third kappa shape index (κ3) is 5.31. The van der Waals surface area contributed by atoms with E-state index >= 15 is 0 Å². The second kappa shape index (κ2) is 11.8. The first-order valence-electron chi connectivity index (χ1n) is 12.7. The molecule has 1 atom stereocenters. The number of likely N-dealkylation sites (N-methyl/N-ethyl adjacent to an activating group) is 1. The molecule has 1 fully saturated rings. The minimum absolute atomic E-state index is 0.164. The number of carbonyl (C=O) groups is 1. The molecule has 0 saturated carbocycles. The molecule has 1 unspecified atom stereocenters. The quantitative estimate of drug-likeness (QED) is 0.399. The van der Waals surface area contributed by atoms with E-state index in [9.17, 15) is 4.79 Å². The van der Waals surface area contributed by atoms with Crippen molar-refractivity contribution in [3.63, 3.8) is 0 Å². The van der Waals surface area contributed by atoms with E-state index in [0.29, 0.717) is 35.4 Å². The standard InChI is InChI=1S/C30H37NO7/c1-18-21(11-19-12-27(35-5)30(37-7)28(13-19)36-6)23-14-25(33-3)26(34-4)15-24(23)22(18)16-29(32)38-17-20-9-8-10-31(20)2/h11-15,20H,8-10,16-17H2,1-7H3/b21-11-. The maximum absolute atomic E-state index is 13.0. The van der Waals surface area contributed by atoms with Crippen LogP contribution in [0.4, 0.5) is 0 Å². The van der Waals surface area contributed by atoms with E-state index in [0.717, 1.165) is 52.8 Å². The molecule has 8 heteroatoms. The van der Waals surface area contributed by atoms with Crippen LogP contribution in [0.2, 0.25) is 0 Å². The Morgan fingerprint density at radius 3 is 2.03 bits per heavy atom. The molecule has 0 aromatic heterocycles. The first-order valence-corrected chi connectivity index (χ1v) is 12.7. The molecule has 204 valence electrons. The van der Waals surface area contributed by atoms with E-state index in [4.69, 9.17) is 28.4 Å². The van der Waals surface area contributed by atoms with Crippen LogP contribution in [0.25, 0.3) is 17.2 Å². The van der Waals surface area contributed by atoms with Gasteiger partial charge < -0.3 is 33.3 Å². The largest absolute Gasteiger partial charge is 0.493 e. The molecule has 1 saturated heterocycles. The van der Waals surface area contributed by atoms with Crippen molar-refractivity contribution in [3.05, 3.63) is 46.5 Å². The van der Waals surface area contributed by atoms with Crippen molar-refractivity contribution >= 4 is 23.2 Å². The molecule has 4 rings (SSSR count). The summed E-state index contributed by atoms with van der Waals surface area (Å²) in [5, 5.41) is 0. The summed E-state index contributed by atoms with van der Waals surface area (Å²) in [5.74, 6) is 2.63. The summed E-state index contributed by atoms with van der Waals surface area (Å²) in [6.45, 7) is 3.47. The molecule has 0 amide bonds. The fraction of sp³-hybridized carbons (Fsp3) is 0.433. The van der Waals surface area contributed by atoms with Gasteiger partial charge in [-0.15, -0.1) is 0 Å². The van der Waals surface area contributed by atoms with Gasteiger partial charge in [-0.25, -0.2) is 0 Å². The zero-order chi connectivity index (χ0) is 27.4. The van der Waals surface area contributed by atoms with Gasteiger partial charge >= 0.3 is 5.97 Å². The average molecular weight is 524 g/mol. The molecule has 38 heavy (non-hydrogen) atoms. The number of benzene rings is 2. The van der Waals surface area contributed by atoms with Gasteiger partial charge in [-0.3, -0.25) is 4.79 Å². The number of carbonyl (C=O) groups excluding carboxylic acids is 1. The Bertz CT molecular complexity index is 1240. The van der Waals surface area contributed by atoms with Crippen LogP contribution >= 0.6 is 0 Å². The molecule has 1 heterocycles. The predicted molar refractivity (Wildman–Crippen MR) is 147 cm³/mol. The Hall–Kier alpha value is -3.65. The Balaban J connectivity index is 1.74. The van der Waals surface area contributed by atoms with Crippen molar-refractivity contribution < 1.29 is 33.2 Å². The smallest absolute Gasteiger partial charge is 0.310 e. The number of rotatable bonds is 10. The van der Waals surface area contributed by atoms with Crippen LogP contribution in [0.1, 0.15) is 42.9 Å². The van der Waals surface area contributed by atoms with Crippen LogP contribution < -0.4 is 23.7 Å². The molecule has 1 aliphatic carbocycles. The SMILES string of the molecule is COc1cc2c(cc1OC)/C(=C\c1cc(OC)c(OC)c(OC)c1)C(C)=C2CC(=O)OCC1CCCN1C. The van der Waals surface area contributed by atoms with Crippen molar-refractivity contribution in [3.8, 4) is 28.7 Å². The number of allylic oxidation sites excluding steroid dienone is 2. The summed E-state index contributed by atoms with van der Waals surface area (Å²) in [6, 6.07) is 7.96. The zero-order valence-corrected chi connectivity index (χ0v) is 23.3.